The Morgan fingerprint density at radius 1 is 0.931 bits per heavy atom. The minimum Gasteiger partial charge on any atom is -0.488 e. The van der Waals surface area contributed by atoms with Crippen LogP contribution in [-0.4, -0.2) is 18.7 Å². The zero-order valence-electron chi connectivity index (χ0n) is 15.3. The van der Waals surface area contributed by atoms with Gasteiger partial charge >= 0.3 is 0 Å². The molecule has 29 heavy (non-hydrogen) atoms. The van der Waals surface area contributed by atoms with Crippen molar-refractivity contribution in [3.8, 4) is 11.5 Å². The summed E-state index contributed by atoms with van der Waals surface area (Å²) in [7, 11) is 0. The minimum atomic E-state index is -0.362. The maximum absolute atomic E-state index is 12.0. The molecule has 0 aliphatic rings. The molecular weight excluding hydrogens is 500 g/mol. The van der Waals surface area contributed by atoms with E-state index in [0.717, 1.165) is 20.1 Å². The van der Waals surface area contributed by atoms with E-state index >= 15 is 0 Å². The Kier molecular flexibility index (Phi) is 7.84. The average molecular weight is 518 g/mol. The zero-order valence-corrected chi connectivity index (χ0v) is 18.5. The van der Waals surface area contributed by atoms with Crippen LogP contribution in [0.2, 0.25) is 0 Å². The van der Waals surface area contributed by atoms with E-state index in [1.165, 1.54) is 0 Å². The summed E-state index contributed by atoms with van der Waals surface area (Å²) in [5.41, 5.74) is 4.30. The number of nitrogens with one attached hydrogen (secondary N) is 1. The van der Waals surface area contributed by atoms with Crippen LogP contribution in [0.15, 0.2) is 86.8 Å². The van der Waals surface area contributed by atoms with Crippen LogP contribution in [0.5, 0.6) is 11.5 Å². The monoisotopic (exact) mass is 516 g/mol. The van der Waals surface area contributed by atoms with Gasteiger partial charge in [-0.2, -0.15) is 5.10 Å². The SMILES string of the molecule is O=C(COc1ccc(Br)cc1Br)N/N=C/c1ccccc1OCc1ccccc1. The molecule has 0 saturated heterocycles. The molecular formula is C22H18Br2N2O3. The normalized spacial score (nSPS) is 10.7. The molecule has 3 aromatic carbocycles. The van der Waals surface area contributed by atoms with Gasteiger partial charge < -0.3 is 9.47 Å². The van der Waals surface area contributed by atoms with Crippen molar-refractivity contribution in [3.05, 3.63) is 92.9 Å². The second-order valence-electron chi connectivity index (χ2n) is 5.97. The second kappa shape index (κ2) is 10.8. The van der Waals surface area contributed by atoms with Gasteiger partial charge in [0.05, 0.1) is 10.7 Å². The summed E-state index contributed by atoms with van der Waals surface area (Å²) in [5, 5.41) is 4.00. The van der Waals surface area contributed by atoms with E-state index in [2.05, 4.69) is 42.4 Å². The molecule has 3 aromatic rings. The van der Waals surface area contributed by atoms with Gasteiger partial charge in [0.25, 0.3) is 5.91 Å². The molecule has 0 fully saturated rings. The van der Waals surface area contributed by atoms with E-state index in [9.17, 15) is 4.79 Å². The topological polar surface area (TPSA) is 59.9 Å². The number of carbonyl (C=O) groups excluding carboxylic acids is 1. The summed E-state index contributed by atoms with van der Waals surface area (Å²) < 4.78 is 13.0. The lowest BCUT2D eigenvalue weighted by atomic mass is 10.2. The van der Waals surface area contributed by atoms with Crippen molar-refractivity contribution in [2.75, 3.05) is 6.61 Å². The third-order valence-corrected chi connectivity index (χ3v) is 4.91. The molecule has 1 N–H and O–H groups in total. The van der Waals surface area contributed by atoms with Gasteiger partial charge in [-0.05, 0) is 51.8 Å². The number of rotatable bonds is 8. The van der Waals surface area contributed by atoms with Gasteiger partial charge in [-0.1, -0.05) is 58.4 Å². The van der Waals surface area contributed by atoms with Crippen molar-refractivity contribution in [3.63, 3.8) is 0 Å². The fraction of sp³-hybridized carbons (Fsp3) is 0.0909. The number of carbonyl (C=O) groups is 1. The van der Waals surface area contributed by atoms with Crippen LogP contribution in [0, 0.1) is 0 Å². The van der Waals surface area contributed by atoms with E-state index in [0.29, 0.717) is 18.1 Å². The highest BCUT2D eigenvalue weighted by atomic mass is 79.9. The number of hydrazone groups is 1. The standard InChI is InChI=1S/C22H18Br2N2O3/c23-18-10-11-21(19(24)12-18)29-15-22(27)26-25-13-17-8-4-5-9-20(17)28-14-16-6-2-1-3-7-16/h1-13H,14-15H2,(H,26,27)/b25-13+. The number of halogens is 2. The van der Waals surface area contributed by atoms with Crippen LogP contribution < -0.4 is 14.9 Å². The van der Waals surface area contributed by atoms with Gasteiger partial charge in [0.15, 0.2) is 6.61 Å². The first-order valence-corrected chi connectivity index (χ1v) is 10.4. The molecule has 0 radical (unpaired) electrons. The number of hydrogen-bond donors (Lipinski definition) is 1. The molecule has 0 aliphatic carbocycles. The molecule has 0 bridgehead atoms. The van der Waals surface area contributed by atoms with Crippen LogP contribution >= 0.6 is 31.9 Å². The van der Waals surface area contributed by atoms with Gasteiger partial charge in [-0.3, -0.25) is 4.79 Å². The molecule has 0 heterocycles. The van der Waals surface area contributed by atoms with E-state index < -0.39 is 0 Å². The number of nitrogens with zero attached hydrogens (tertiary/aromatic N) is 1. The maximum Gasteiger partial charge on any atom is 0.277 e. The van der Waals surface area contributed by atoms with Crippen molar-refractivity contribution in [1.82, 2.24) is 5.43 Å². The molecule has 148 valence electrons. The quantitative estimate of drug-likeness (QED) is 0.325. The highest BCUT2D eigenvalue weighted by molar-refractivity contribution is 9.11. The van der Waals surface area contributed by atoms with E-state index in [1.54, 1.807) is 12.3 Å². The maximum atomic E-state index is 12.0. The van der Waals surface area contributed by atoms with Crippen LogP contribution in [0.1, 0.15) is 11.1 Å². The van der Waals surface area contributed by atoms with Gasteiger partial charge in [0, 0.05) is 10.0 Å². The van der Waals surface area contributed by atoms with Crippen molar-refractivity contribution < 1.29 is 14.3 Å². The van der Waals surface area contributed by atoms with Gasteiger partial charge in [0.2, 0.25) is 0 Å². The fourth-order valence-electron chi connectivity index (χ4n) is 2.40. The molecule has 3 rings (SSSR count). The zero-order chi connectivity index (χ0) is 20.5. The Bertz CT molecular complexity index is 994. The van der Waals surface area contributed by atoms with Crippen molar-refractivity contribution in [2.24, 2.45) is 5.10 Å². The first kappa shape index (κ1) is 21.1. The smallest absolute Gasteiger partial charge is 0.277 e. The summed E-state index contributed by atoms with van der Waals surface area (Å²) in [4.78, 5) is 12.0. The van der Waals surface area contributed by atoms with Gasteiger partial charge in [0.1, 0.15) is 18.1 Å². The first-order valence-electron chi connectivity index (χ1n) is 8.77. The third-order valence-electron chi connectivity index (χ3n) is 3.80. The molecule has 0 atom stereocenters. The predicted molar refractivity (Wildman–Crippen MR) is 120 cm³/mol. The predicted octanol–water partition coefficient (Wildman–Crippen LogP) is 5.32. The Hall–Kier alpha value is -2.64. The number of benzene rings is 3. The summed E-state index contributed by atoms with van der Waals surface area (Å²) in [6, 6.07) is 22.9. The molecule has 0 unspecified atom stereocenters. The first-order chi connectivity index (χ1) is 14.1. The average Bonchev–Trinajstić information content (AvgIpc) is 2.73. The molecule has 0 saturated carbocycles. The molecule has 0 aromatic heterocycles. The number of ether oxygens (including phenoxy) is 2. The van der Waals surface area contributed by atoms with E-state index in [4.69, 9.17) is 9.47 Å². The Morgan fingerprint density at radius 2 is 1.69 bits per heavy atom. The highest BCUT2D eigenvalue weighted by Crippen LogP contribution is 2.28. The summed E-state index contributed by atoms with van der Waals surface area (Å²) in [6.45, 7) is 0.303. The van der Waals surface area contributed by atoms with Gasteiger partial charge in [-0.15, -0.1) is 0 Å². The lowest BCUT2D eigenvalue weighted by Crippen LogP contribution is -2.24. The number of hydrogen-bond acceptors (Lipinski definition) is 4. The molecule has 0 aliphatic heterocycles. The Balaban J connectivity index is 1.52. The number of amides is 1. The number of para-hydroxylation sites is 1. The largest absolute Gasteiger partial charge is 0.488 e. The Labute approximate surface area is 186 Å². The lowest BCUT2D eigenvalue weighted by Gasteiger charge is -2.09. The van der Waals surface area contributed by atoms with Crippen LogP contribution in [0.4, 0.5) is 0 Å². The van der Waals surface area contributed by atoms with Crippen LogP contribution in [0.3, 0.4) is 0 Å². The minimum absolute atomic E-state index is 0.149. The Morgan fingerprint density at radius 3 is 2.48 bits per heavy atom. The van der Waals surface area contributed by atoms with Crippen LogP contribution in [-0.2, 0) is 11.4 Å². The second-order valence-corrected chi connectivity index (χ2v) is 7.74. The van der Waals surface area contributed by atoms with Gasteiger partial charge in [-0.25, -0.2) is 5.43 Å². The lowest BCUT2D eigenvalue weighted by molar-refractivity contribution is -0.123. The van der Waals surface area contributed by atoms with E-state index in [-0.39, 0.29) is 12.5 Å². The van der Waals surface area contributed by atoms with Crippen molar-refractivity contribution >= 4 is 44.0 Å². The summed E-state index contributed by atoms with van der Waals surface area (Å²) in [5.74, 6) is 0.898. The molecule has 7 heteroatoms. The van der Waals surface area contributed by atoms with Crippen molar-refractivity contribution in [1.29, 1.82) is 0 Å². The summed E-state index contributed by atoms with van der Waals surface area (Å²) >= 11 is 6.76. The molecule has 5 nitrogen and oxygen atoms in total. The highest BCUT2D eigenvalue weighted by Gasteiger charge is 2.06. The van der Waals surface area contributed by atoms with Crippen LogP contribution in [0.25, 0.3) is 0 Å². The molecule has 0 spiro atoms. The van der Waals surface area contributed by atoms with E-state index in [1.807, 2.05) is 66.7 Å². The fourth-order valence-corrected chi connectivity index (χ4v) is 3.56. The third kappa shape index (κ3) is 6.73. The summed E-state index contributed by atoms with van der Waals surface area (Å²) in [6.07, 6.45) is 1.55. The molecule has 1 amide bonds. The van der Waals surface area contributed by atoms with Crippen molar-refractivity contribution in [2.45, 2.75) is 6.61 Å².